The fraction of sp³-hybridized carbons (Fsp3) is 0.150. The molecule has 3 nitrogen and oxygen atoms in total. The van der Waals surface area contributed by atoms with Crippen molar-refractivity contribution in [3.05, 3.63) is 83.3 Å². The average Bonchev–Trinajstić information content (AvgIpc) is 2.99. The van der Waals surface area contributed by atoms with Gasteiger partial charge in [-0.05, 0) is 18.6 Å². The van der Waals surface area contributed by atoms with Crippen molar-refractivity contribution in [3.63, 3.8) is 0 Å². The number of nitrogens with zero attached hydrogens (tertiary/aromatic N) is 2. The van der Waals surface area contributed by atoms with E-state index in [9.17, 15) is 0 Å². The molecule has 0 spiro atoms. The number of aromatic nitrogens is 2. The third-order valence-corrected chi connectivity index (χ3v) is 4.13. The fourth-order valence-electron chi connectivity index (χ4n) is 2.99. The van der Waals surface area contributed by atoms with Gasteiger partial charge in [-0.15, -0.1) is 0 Å². The molecule has 0 bridgehead atoms. The molecule has 1 aliphatic heterocycles. The number of aryl methyl sites for hydroxylation is 1. The summed E-state index contributed by atoms with van der Waals surface area (Å²) >= 11 is 0. The molecule has 2 aromatic carbocycles. The van der Waals surface area contributed by atoms with Crippen LogP contribution < -0.4 is 0 Å². The summed E-state index contributed by atoms with van der Waals surface area (Å²) in [7, 11) is 0. The van der Waals surface area contributed by atoms with Crippen LogP contribution in [0.4, 0.5) is 0 Å². The second-order valence-corrected chi connectivity index (χ2v) is 6.02. The quantitative estimate of drug-likeness (QED) is 0.779. The van der Waals surface area contributed by atoms with E-state index in [0.717, 1.165) is 35.9 Å². The monoisotopic (exact) mass is 301 g/mol. The van der Waals surface area contributed by atoms with Gasteiger partial charge in [0.05, 0.1) is 17.9 Å². The Morgan fingerprint density at radius 1 is 1.09 bits per heavy atom. The molecule has 0 unspecified atom stereocenters. The maximum absolute atomic E-state index is 4.78. The zero-order chi connectivity index (χ0) is 15.6. The van der Waals surface area contributed by atoms with E-state index in [0.29, 0.717) is 0 Å². The van der Waals surface area contributed by atoms with Crippen LogP contribution in [-0.2, 0) is 13.1 Å². The van der Waals surface area contributed by atoms with E-state index in [4.69, 9.17) is 4.98 Å². The van der Waals surface area contributed by atoms with Gasteiger partial charge in [0.1, 0.15) is 5.82 Å². The average molecular weight is 301 g/mol. The zero-order valence-corrected chi connectivity index (χ0v) is 13.2. The largest absolute Gasteiger partial charge is 0.367 e. The van der Waals surface area contributed by atoms with E-state index < -0.39 is 0 Å². The maximum atomic E-state index is 4.78. The summed E-state index contributed by atoms with van der Waals surface area (Å²) in [5, 5.41) is 0. The molecule has 0 saturated heterocycles. The van der Waals surface area contributed by atoms with E-state index in [1.165, 1.54) is 11.1 Å². The molecule has 0 amide bonds. The van der Waals surface area contributed by atoms with E-state index in [1.807, 2.05) is 18.2 Å². The summed E-state index contributed by atoms with van der Waals surface area (Å²) in [4.78, 5) is 10.5. The first kappa shape index (κ1) is 13.8. The van der Waals surface area contributed by atoms with Crippen LogP contribution >= 0.6 is 0 Å². The van der Waals surface area contributed by atoms with Gasteiger partial charge in [0.15, 0.2) is 0 Å². The number of fused-ring (bicyclic) bond motifs is 1. The molecule has 0 fully saturated rings. The Labute approximate surface area is 136 Å². The van der Waals surface area contributed by atoms with Gasteiger partial charge in [-0.25, -0.2) is 4.98 Å². The van der Waals surface area contributed by atoms with Gasteiger partial charge in [0.25, 0.3) is 0 Å². The predicted molar refractivity (Wildman–Crippen MR) is 93.5 cm³/mol. The van der Waals surface area contributed by atoms with Crippen molar-refractivity contribution in [3.8, 4) is 11.4 Å². The van der Waals surface area contributed by atoms with Crippen molar-refractivity contribution in [1.82, 2.24) is 14.9 Å². The second kappa shape index (κ2) is 5.76. The Morgan fingerprint density at radius 2 is 1.96 bits per heavy atom. The number of nitrogens with one attached hydrogen (secondary N) is 1. The highest BCUT2D eigenvalue weighted by atomic mass is 15.1. The van der Waals surface area contributed by atoms with Crippen LogP contribution in [0.2, 0.25) is 0 Å². The van der Waals surface area contributed by atoms with E-state index >= 15 is 0 Å². The maximum Gasteiger partial charge on any atom is 0.138 e. The highest BCUT2D eigenvalue weighted by Gasteiger charge is 2.16. The standard InChI is InChI=1S/C20H19N3/c1-15-6-5-7-16(12-15)13-23-11-10-18-19(14-23)22-20(21-18)17-8-3-2-4-9-17/h2-12H,13-14H2,1H3,(H,21,22). The first-order valence-electron chi connectivity index (χ1n) is 7.90. The lowest BCUT2D eigenvalue weighted by atomic mass is 10.1. The van der Waals surface area contributed by atoms with Crippen molar-refractivity contribution >= 4 is 6.08 Å². The minimum atomic E-state index is 0.836. The number of aromatic amines is 1. The summed E-state index contributed by atoms with van der Waals surface area (Å²) in [5.74, 6) is 0.942. The molecule has 1 aliphatic rings. The Hall–Kier alpha value is -2.81. The molecule has 1 aromatic heterocycles. The Balaban J connectivity index is 1.54. The molecule has 23 heavy (non-hydrogen) atoms. The first-order valence-corrected chi connectivity index (χ1v) is 7.90. The van der Waals surface area contributed by atoms with Gasteiger partial charge >= 0.3 is 0 Å². The van der Waals surface area contributed by atoms with Gasteiger partial charge in [0.2, 0.25) is 0 Å². The summed E-state index contributed by atoms with van der Waals surface area (Å²) < 4.78 is 0. The molecule has 4 rings (SSSR count). The third kappa shape index (κ3) is 2.90. The lowest BCUT2D eigenvalue weighted by Crippen LogP contribution is -2.19. The summed E-state index contributed by atoms with van der Waals surface area (Å²) in [6.07, 6.45) is 4.27. The number of hydrogen-bond acceptors (Lipinski definition) is 2. The zero-order valence-electron chi connectivity index (χ0n) is 13.2. The van der Waals surface area contributed by atoms with E-state index in [1.54, 1.807) is 0 Å². The summed E-state index contributed by atoms with van der Waals surface area (Å²) in [6.45, 7) is 3.88. The minimum Gasteiger partial charge on any atom is -0.367 e. The molecule has 0 atom stereocenters. The normalized spacial score (nSPS) is 13.2. The van der Waals surface area contributed by atoms with Crippen LogP contribution in [0.5, 0.6) is 0 Å². The third-order valence-electron chi connectivity index (χ3n) is 4.13. The topological polar surface area (TPSA) is 31.9 Å². The van der Waals surface area contributed by atoms with Gasteiger partial charge in [-0.1, -0.05) is 60.2 Å². The fourth-order valence-corrected chi connectivity index (χ4v) is 2.99. The summed E-state index contributed by atoms with van der Waals surface area (Å²) in [5.41, 5.74) is 5.98. The van der Waals surface area contributed by atoms with Crippen molar-refractivity contribution in [2.45, 2.75) is 20.0 Å². The minimum absolute atomic E-state index is 0.836. The molecular formula is C20H19N3. The van der Waals surface area contributed by atoms with E-state index in [-0.39, 0.29) is 0 Å². The number of rotatable bonds is 3. The van der Waals surface area contributed by atoms with Crippen LogP contribution in [0.1, 0.15) is 22.5 Å². The molecule has 0 aliphatic carbocycles. The van der Waals surface area contributed by atoms with Crippen LogP contribution in [0.15, 0.2) is 60.8 Å². The first-order chi connectivity index (χ1) is 11.3. The Morgan fingerprint density at radius 3 is 2.78 bits per heavy atom. The van der Waals surface area contributed by atoms with Crippen molar-refractivity contribution in [2.24, 2.45) is 0 Å². The molecule has 0 radical (unpaired) electrons. The smallest absolute Gasteiger partial charge is 0.138 e. The Kier molecular flexibility index (Phi) is 3.46. The van der Waals surface area contributed by atoms with Crippen molar-refractivity contribution in [2.75, 3.05) is 0 Å². The lowest BCUT2D eigenvalue weighted by Gasteiger charge is -2.23. The molecule has 3 aromatic rings. The Bertz CT molecular complexity index is 846. The van der Waals surface area contributed by atoms with Crippen LogP contribution in [-0.4, -0.2) is 14.9 Å². The van der Waals surface area contributed by atoms with Crippen LogP contribution in [0.3, 0.4) is 0 Å². The second-order valence-electron chi connectivity index (χ2n) is 6.02. The number of benzene rings is 2. The molecule has 3 heteroatoms. The van der Waals surface area contributed by atoms with Crippen molar-refractivity contribution in [1.29, 1.82) is 0 Å². The van der Waals surface area contributed by atoms with Gasteiger partial charge in [-0.3, -0.25) is 0 Å². The molecule has 1 N–H and O–H groups in total. The van der Waals surface area contributed by atoms with Crippen LogP contribution in [0.25, 0.3) is 17.5 Å². The molecule has 0 saturated carbocycles. The molecular weight excluding hydrogens is 282 g/mol. The van der Waals surface area contributed by atoms with Crippen molar-refractivity contribution < 1.29 is 0 Å². The van der Waals surface area contributed by atoms with Crippen LogP contribution in [0, 0.1) is 6.92 Å². The predicted octanol–water partition coefficient (Wildman–Crippen LogP) is 4.37. The van der Waals surface area contributed by atoms with Gasteiger partial charge in [0, 0.05) is 18.3 Å². The van der Waals surface area contributed by atoms with Gasteiger partial charge in [-0.2, -0.15) is 0 Å². The van der Waals surface area contributed by atoms with E-state index in [2.05, 4.69) is 65.5 Å². The number of H-pyrrole nitrogens is 1. The molecule has 2 heterocycles. The highest BCUT2D eigenvalue weighted by Crippen LogP contribution is 2.24. The SMILES string of the molecule is Cc1cccc(CN2C=Cc3[nH]c(-c4ccccc4)nc3C2)c1. The molecule has 114 valence electrons. The summed E-state index contributed by atoms with van der Waals surface area (Å²) in [6, 6.07) is 18.9. The van der Waals surface area contributed by atoms with Gasteiger partial charge < -0.3 is 9.88 Å². The number of hydrogen-bond donors (Lipinski definition) is 1. The lowest BCUT2D eigenvalue weighted by molar-refractivity contribution is 0.355. The highest BCUT2D eigenvalue weighted by molar-refractivity contribution is 5.60. The number of imidazole rings is 1.